The molecule has 1 heterocycles. The largest absolute Gasteiger partial charge is 0.220 e. The summed E-state index contributed by atoms with van der Waals surface area (Å²) in [6, 6.07) is 21.8. The van der Waals surface area contributed by atoms with E-state index in [0.29, 0.717) is 15.4 Å². The summed E-state index contributed by atoms with van der Waals surface area (Å²) in [4.78, 5) is 5.48. The number of hydrogen-bond acceptors (Lipinski definition) is 3. The Labute approximate surface area is 177 Å². The molecular weight excluding hydrogens is 405 g/mol. The molecule has 3 nitrogen and oxygen atoms in total. The van der Waals surface area contributed by atoms with Crippen molar-refractivity contribution in [3.63, 3.8) is 0 Å². The van der Waals surface area contributed by atoms with Crippen LogP contribution in [-0.4, -0.2) is 10.9 Å². The van der Waals surface area contributed by atoms with E-state index in [-0.39, 0.29) is 5.82 Å². The maximum Gasteiger partial charge on any atom is 0.211 e. The van der Waals surface area contributed by atoms with Gasteiger partial charge in [-0.15, -0.1) is 11.3 Å². The van der Waals surface area contributed by atoms with Crippen LogP contribution in [0.4, 0.5) is 10.1 Å². The van der Waals surface area contributed by atoms with E-state index in [1.165, 1.54) is 23.5 Å². The van der Waals surface area contributed by atoms with Crippen LogP contribution in [0.2, 0.25) is 5.02 Å². The molecule has 0 aliphatic rings. The fraction of sp³-hybridized carbons (Fsp3) is 0.0435. The van der Waals surface area contributed by atoms with E-state index in [1.54, 1.807) is 23.0 Å². The Morgan fingerprint density at radius 1 is 1.00 bits per heavy atom. The van der Waals surface area contributed by atoms with Crippen LogP contribution in [0.25, 0.3) is 11.3 Å². The smallest absolute Gasteiger partial charge is 0.211 e. The quantitative estimate of drug-likeness (QED) is 0.340. The third-order valence-corrected chi connectivity index (χ3v) is 5.29. The highest BCUT2D eigenvalue weighted by Crippen LogP contribution is 2.23. The molecule has 6 heteroatoms. The molecule has 0 saturated heterocycles. The predicted octanol–water partition coefficient (Wildman–Crippen LogP) is 6.43. The van der Waals surface area contributed by atoms with Crippen LogP contribution < -0.4 is 4.80 Å². The molecule has 1 aromatic heterocycles. The second-order valence-corrected chi connectivity index (χ2v) is 7.75. The van der Waals surface area contributed by atoms with E-state index in [2.05, 4.69) is 5.10 Å². The molecular formula is C23H17ClFN3S. The summed E-state index contributed by atoms with van der Waals surface area (Å²) < 4.78 is 15.3. The highest BCUT2D eigenvalue weighted by atomic mass is 35.5. The maximum atomic E-state index is 13.5. The van der Waals surface area contributed by atoms with Crippen LogP contribution in [0.3, 0.4) is 0 Å². The van der Waals surface area contributed by atoms with Gasteiger partial charge in [0.1, 0.15) is 5.82 Å². The molecule has 0 saturated carbocycles. The highest BCUT2D eigenvalue weighted by molar-refractivity contribution is 7.07. The molecule has 0 N–H and O–H groups in total. The SMILES string of the molecule is Cc1cccc(N=c2scc(-c3ccc(Cl)cc3)n2/N=C/c2cccc(F)c2)c1. The standard InChI is InChI=1S/C23H17ClFN3S/c1-16-4-2-7-21(12-16)27-23-28(26-14-17-5-3-6-20(25)13-17)22(15-29-23)18-8-10-19(24)11-9-18/h2-15H,1H3/b26-14+,27-23?. The molecule has 0 aliphatic heterocycles. The van der Waals surface area contributed by atoms with Gasteiger partial charge in [-0.3, -0.25) is 0 Å². The second-order valence-electron chi connectivity index (χ2n) is 6.47. The molecule has 0 spiro atoms. The van der Waals surface area contributed by atoms with E-state index in [9.17, 15) is 4.39 Å². The van der Waals surface area contributed by atoms with Gasteiger partial charge in [0.2, 0.25) is 4.80 Å². The molecule has 0 fully saturated rings. The molecule has 4 rings (SSSR count). The lowest BCUT2D eigenvalue weighted by Crippen LogP contribution is -2.11. The van der Waals surface area contributed by atoms with Gasteiger partial charge in [-0.2, -0.15) is 5.10 Å². The first-order valence-corrected chi connectivity index (χ1v) is 10.2. The highest BCUT2D eigenvalue weighted by Gasteiger charge is 2.08. The second kappa shape index (κ2) is 8.55. The number of benzene rings is 3. The van der Waals surface area contributed by atoms with Crippen LogP contribution >= 0.6 is 22.9 Å². The minimum absolute atomic E-state index is 0.299. The Bertz CT molecular complexity index is 1240. The van der Waals surface area contributed by atoms with Crippen molar-refractivity contribution < 1.29 is 4.39 Å². The normalized spacial score (nSPS) is 12.0. The Morgan fingerprint density at radius 2 is 1.79 bits per heavy atom. The average molecular weight is 422 g/mol. The molecule has 0 amide bonds. The van der Waals surface area contributed by atoms with Crippen LogP contribution in [0, 0.1) is 12.7 Å². The van der Waals surface area contributed by atoms with Gasteiger partial charge in [-0.1, -0.05) is 48.0 Å². The minimum atomic E-state index is -0.299. The minimum Gasteiger partial charge on any atom is -0.220 e. The van der Waals surface area contributed by atoms with Crippen molar-refractivity contribution in [1.82, 2.24) is 4.68 Å². The van der Waals surface area contributed by atoms with Crippen molar-refractivity contribution in [2.24, 2.45) is 10.1 Å². The number of thiazole rings is 1. The van der Waals surface area contributed by atoms with Gasteiger partial charge in [0.25, 0.3) is 0 Å². The van der Waals surface area contributed by atoms with Crippen molar-refractivity contribution in [2.75, 3.05) is 0 Å². The molecule has 0 radical (unpaired) electrons. The first-order valence-electron chi connectivity index (χ1n) is 8.96. The maximum absolute atomic E-state index is 13.5. The van der Waals surface area contributed by atoms with Crippen LogP contribution in [-0.2, 0) is 0 Å². The fourth-order valence-corrected chi connectivity index (χ4v) is 3.81. The summed E-state index contributed by atoms with van der Waals surface area (Å²) >= 11 is 7.52. The lowest BCUT2D eigenvalue weighted by Gasteiger charge is -2.04. The van der Waals surface area contributed by atoms with Crippen LogP contribution in [0.15, 0.2) is 88.3 Å². The Hall–Kier alpha value is -3.02. The van der Waals surface area contributed by atoms with Gasteiger partial charge in [-0.25, -0.2) is 14.1 Å². The summed E-state index contributed by atoms with van der Waals surface area (Å²) in [5, 5.41) is 7.27. The zero-order valence-corrected chi connectivity index (χ0v) is 17.2. The molecule has 0 bridgehead atoms. The van der Waals surface area contributed by atoms with Gasteiger partial charge >= 0.3 is 0 Å². The lowest BCUT2D eigenvalue weighted by atomic mass is 10.2. The van der Waals surface area contributed by atoms with Crippen molar-refractivity contribution >= 4 is 34.8 Å². The third-order valence-electron chi connectivity index (χ3n) is 4.22. The summed E-state index contributed by atoms with van der Waals surface area (Å²) in [6.07, 6.45) is 1.63. The van der Waals surface area contributed by atoms with Crippen molar-refractivity contribution in [3.8, 4) is 11.3 Å². The van der Waals surface area contributed by atoms with E-state index < -0.39 is 0 Å². The van der Waals surface area contributed by atoms with Crippen LogP contribution in [0.1, 0.15) is 11.1 Å². The zero-order valence-electron chi connectivity index (χ0n) is 15.6. The van der Waals surface area contributed by atoms with E-state index in [0.717, 1.165) is 22.5 Å². The number of nitrogens with zero attached hydrogens (tertiary/aromatic N) is 3. The number of rotatable bonds is 4. The molecule has 3 aromatic carbocycles. The Morgan fingerprint density at radius 3 is 2.55 bits per heavy atom. The number of aromatic nitrogens is 1. The van der Waals surface area contributed by atoms with Gasteiger partial charge in [-0.05, 0) is 54.4 Å². The fourth-order valence-electron chi connectivity index (χ4n) is 2.83. The summed E-state index contributed by atoms with van der Waals surface area (Å²) in [6.45, 7) is 2.03. The molecule has 0 unspecified atom stereocenters. The third kappa shape index (κ3) is 4.70. The van der Waals surface area contributed by atoms with Gasteiger partial charge in [0.15, 0.2) is 0 Å². The van der Waals surface area contributed by atoms with Crippen molar-refractivity contribution in [3.05, 3.63) is 105 Å². The summed E-state index contributed by atoms with van der Waals surface area (Å²) in [5.41, 5.74) is 4.51. The van der Waals surface area contributed by atoms with Crippen molar-refractivity contribution in [1.29, 1.82) is 0 Å². The summed E-state index contributed by atoms with van der Waals surface area (Å²) in [7, 11) is 0. The topological polar surface area (TPSA) is 29.6 Å². The van der Waals surface area contributed by atoms with Gasteiger partial charge in [0.05, 0.1) is 17.6 Å². The molecule has 0 aliphatic carbocycles. The van der Waals surface area contributed by atoms with Gasteiger partial charge in [0, 0.05) is 16.0 Å². The average Bonchev–Trinajstić information content (AvgIpc) is 3.09. The van der Waals surface area contributed by atoms with Crippen LogP contribution in [0.5, 0.6) is 0 Å². The molecule has 29 heavy (non-hydrogen) atoms. The number of hydrogen-bond donors (Lipinski definition) is 0. The predicted molar refractivity (Wildman–Crippen MR) is 119 cm³/mol. The number of halogens is 2. The van der Waals surface area contributed by atoms with E-state index >= 15 is 0 Å². The number of aryl methyl sites for hydroxylation is 1. The molecule has 0 atom stereocenters. The monoisotopic (exact) mass is 421 g/mol. The van der Waals surface area contributed by atoms with E-state index in [4.69, 9.17) is 16.6 Å². The van der Waals surface area contributed by atoms with Crippen molar-refractivity contribution in [2.45, 2.75) is 6.92 Å². The Balaban J connectivity index is 1.84. The van der Waals surface area contributed by atoms with E-state index in [1.807, 2.05) is 60.8 Å². The summed E-state index contributed by atoms with van der Waals surface area (Å²) in [5.74, 6) is -0.299. The molecule has 144 valence electrons. The first-order chi connectivity index (χ1) is 14.1. The first kappa shape index (κ1) is 19.3. The Kier molecular flexibility index (Phi) is 5.69. The molecule has 4 aromatic rings. The van der Waals surface area contributed by atoms with Gasteiger partial charge < -0.3 is 0 Å². The lowest BCUT2D eigenvalue weighted by molar-refractivity contribution is 0.627. The zero-order chi connectivity index (χ0) is 20.2.